The Balaban J connectivity index is 2.21. The lowest BCUT2D eigenvalue weighted by molar-refractivity contribution is 0.669. The van der Waals surface area contributed by atoms with E-state index in [2.05, 4.69) is 9.97 Å². The van der Waals surface area contributed by atoms with Crippen LogP contribution in [0.2, 0.25) is 0 Å². The molecular formula is C9H13N3. The Bertz CT molecular complexity index is 266. The molecule has 1 saturated carbocycles. The maximum atomic E-state index is 5.58. The third-order valence-electron chi connectivity index (χ3n) is 2.42. The smallest absolute Gasteiger partial charge is 0.133 e. The van der Waals surface area contributed by atoms with Crippen molar-refractivity contribution in [3.05, 3.63) is 18.1 Å². The molecule has 0 amide bonds. The van der Waals surface area contributed by atoms with Gasteiger partial charge in [-0.05, 0) is 18.9 Å². The summed E-state index contributed by atoms with van der Waals surface area (Å²) >= 11 is 0. The zero-order chi connectivity index (χ0) is 8.39. The van der Waals surface area contributed by atoms with E-state index in [4.69, 9.17) is 5.73 Å². The van der Waals surface area contributed by atoms with E-state index < -0.39 is 0 Å². The maximum absolute atomic E-state index is 5.58. The molecule has 0 saturated heterocycles. The molecule has 3 heteroatoms. The molecule has 1 heterocycles. The molecule has 0 bridgehead atoms. The van der Waals surface area contributed by atoms with Gasteiger partial charge >= 0.3 is 0 Å². The van der Waals surface area contributed by atoms with Crippen LogP contribution in [0.4, 0.5) is 5.82 Å². The van der Waals surface area contributed by atoms with Gasteiger partial charge in [0, 0.05) is 12.1 Å². The summed E-state index contributed by atoms with van der Waals surface area (Å²) in [4.78, 5) is 8.45. The Labute approximate surface area is 72.0 Å². The van der Waals surface area contributed by atoms with E-state index in [-0.39, 0.29) is 0 Å². The SMILES string of the molecule is Nc1ccnc(C2CCCC2)n1. The van der Waals surface area contributed by atoms with Crippen molar-refractivity contribution in [1.82, 2.24) is 9.97 Å². The summed E-state index contributed by atoms with van der Waals surface area (Å²) in [6.45, 7) is 0. The Morgan fingerprint density at radius 3 is 2.75 bits per heavy atom. The molecule has 0 radical (unpaired) electrons. The molecule has 2 rings (SSSR count). The van der Waals surface area contributed by atoms with Crippen LogP contribution in [0.5, 0.6) is 0 Å². The van der Waals surface area contributed by atoms with Crippen LogP contribution in [-0.2, 0) is 0 Å². The Morgan fingerprint density at radius 2 is 2.08 bits per heavy atom. The van der Waals surface area contributed by atoms with Gasteiger partial charge in [-0.25, -0.2) is 9.97 Å². The topological polar surface area (TPSA) is 51.8 Å². The molecule has 1 aromatic heterocycles. The quantitative estimate of drug-likeness (QED) is 0.685. The van der Waals surface area contributed by atoms with Gasteiger partial charge in [0.15, 0.2) is 0 Å². The monoisotopic (exact) mass is 163 g/mol. The molecule has 3 nitrogen and oxygen atoms in total. The summed E-state index contributed by atoms with van der Waals surface area (Å²) in [5.74, 6) is 2.09. The van der Waals surface area contributed by atoms with Gasteiger partial charge in [-0.1, -0.05) is 12.8 Å². The lowest BCUT2D eigenvalue weighted by Crippen LogP contribution is -2.02. The average Bonchev–Trinajstić information content (AvgIpc) is 2.56. The Morgan fingerprint density at radius 1 is 1.33 bits per heavy atom. The summed E-state index contributed by atoms with van der Waals surface area (Å²) in [7, 11) is 0. The van der Waals surface area contributed by atoms with Crippen LogP contribution in [0.25, 0.3) is 0 Å². The van der Waals surface area contributed by atoms with Crippen molar-refractivity contribution in [3.8, 4) is 0 Å². The fourth-order valence-electron chi connectivity index (χ4n) is 1.77. The zero-order valence-corrected chi connectivity index (χ0v) is 7.03. The van der Waals surface area contributed by atoms with E-state index in [0.717, 1.165) is 5.82 Å². The fourth-order valence-corrected chi connectivity index (χ4v) is 1.77. The van der Waals surface area contributed by atoms with Crippen molar-refractivity contribution in [3.63, 3.8) is 0 Å². The van der Waals surface area contributed by atoms with Gasteiger partial charge in [-0.2, -0.15) is 0 Å². The van der Waals surface area contributed by atoms with Gasteiger partial charge in [-0.3, -0.25) is 0 Å². The van der Waals surface area contributed by atoms with Crippen LogP contribution in [0.1, 0.15) is 37.4 Å². The number of anilines is 1. The van der Waals surface area contributed by atoms with E-state index in [1.165, 1.54) is 25.7 Å². The molecule has 0 aromatic carbocycles. The van der Waals surface area contributed by atoms with Crippen molar-refractivity contribution < 1.29 is 0 Å². The zero-order valence-electron chi connectivity index (χ0n) is 7.03. The number of rotatable bonds is 1. The molecule has 1 aliphatic rings. The number of nitrogens with two attached hydrogens (primary N) is 1. The highest BCUT2D eigenvalue weighted by atomic mass is 14.9. The lowest BCUT2D eigenvalue weighted by atomic mass is 10.1. The van der Waals surface area contributed by atoms with Crippen LogP contribution in [-0.4, -0.2) is 9.97 Å². The number of nitrogens with zero attached hydrogens (tertiary/aromatic N) is 2. The average molecular weight is 163 g/mol. The maximum Gasteiger partial charge on any atom is 0.133 e. The highest BCUT2D eigenvalue weighted by Gasteiger charge is 2.19. The third kappa shape index (κ3) is 1.40. The van der Waals surface area contributed by atoms with E-state index in [1.54, 1.807) is 12.3 Å². The standard InChI is InChI=1S/C9H13N3/c10-8-5-6-11-9(12-8)7-3-1-2-4-7/h5-7H,1-4H2,(H2,10,11,12). The van der Waals surface area contributed by atoms with Gasteiger partial charge in [0.1, 0.15) is 11.6 Å². The summed E-state index contributed by atoms with van der Waals surface area (Å²) in [6.07, 6.45) is 6.81. The normalized spacial score (nSPS) is 18.3. The molecule has 0 aliphatic heterocycles. The second-order valence-corrected chi connectivity index (χ2v) is 3.32. The van der Waals surface area contributed by atoms with Crippen molar-refractivity contribution in [2.24, 2.45) is 0 Å². The fraction of sp³-hybridized carbons (Fsp3) is 0.556. The first-order valence-corrected chi connectivity index (χ1v) is 4.44. The molecule has 1 fully saturated rings. The minimum Gasteiger partial charge on any atom is -0.384 e. The van der Waals surface area contributed by atoms with Gasteiger partial charge in [0.05, 0.1) is 0 Å². The second-order valence-electron chi connectivity index (χ2n) is 3.32. The van der Waals surface area contributed by atoms with Crippen LogP contribution in [0.3, 0.4) is 0 Å². The molecule has 0 atom stereocenters. The number of hydrogen-bond donors (Lipinski definition) is 1. The molecule has 2 N–H and O–H groups in total. The summed E-state index contributed by atoms with van der Waals surface area (Å²) in [6, 6.07) is 1.73. The minimum atomic E-state index is 0.563. The van der Waals surface area contributed by atoms with E-state index >= 15 is 0 Å². The first-order valence-electron chi connectivity index (χ1n) is 4.44. The van der Waals surface area contributed by atoms with Crippen LogP contribution < -0.4 is 5.73 Å². The van der Waals surface area contributed by atoms with Crippen molar-refractivity contribution in [2.45, 2.75) is 31.6 Å². The van der Waals surface area contributed by atoms with Gasteiger partial charge < -0.3 is 5.73 Å². The first kappa shape index (κ1) is 7.53. The van der Waals surface area contributed by atoms with Crippen LogP contribution in [0, 0.1) is 0 Å². The molecular weight excluding hydrogens is 150 g/mol. The highest BCUT2D eigenvalue weighted by molar-refractivity contribution is 5.26. The Kier molecular flexibility index (Phi) is 1.94. The van der Waals surface area contributed by atoms with Crippen molar-refractivity contribution >= 4 is 5.82 Å². The molecule has 1 aromatic rings. The first-order chi connectivity index (χ1) is 5.86. The van der Waals surface area contributed by atoms with Gasteiger partial charge in [-0.15, -0.1) is 0 Å². The summed E-state index contributed by atoms with van der Waals surface area (Å²) < 4.78 is 0. The largest absolute Gasteiger partial charge is 0.384 e. The van der Waals surface area contributed by atoms with Crippen LogP contribution >= 0.6 is 0 Å². The van der Waals surface area contributed by atoms with Gasteiger partial charge in [0.25, 0.3) is 0 Å². The minimum absolute atomic E-state index is 0.563. The Hall–Kier alpha value is -1.12. The second kappa shape index (κ2) is 3.09. The lowest BCUT2D eigenvalue weighted by Gasteiger charge is -2.06. The van der Waals surface area contributed by atoms with Crippen molar-refractivity contribution in [1.29, 1.82) is 0 Å². The predicted molar refractivity (Wildman–Crippen MR) is 47.7 cm³/mol. The van der Waals surface area contributed by atoms with E-state index in [9.17, 15) is 0 Å². The predicted octanol–water partition coefficient (Wildman–Crippen LogP) is 1.72. The van der Waals surface area contributed by atoms with Crippen molar-refractivity contribution in [2.75, 3.05) is 5.73 Å². The summed E-state index contributed by atoms with van der Waals surface area (Å²) in [5.41, 5.74) is 5.58. The van der Waals surface area contributed by atoms with E-state index in [0.29, 0.717) is 11.7 Å². The molecule has 64 valence electrons. The van der Waals surface area contributed by atoms with Gasteiger partial charge in [0.2, 0.25) is 0 Å². The number of hydrogen-bond acceptors (Lipinski definition) is 3. The molecule has 12 heavy (non-hydrogen) atoms. The third-order valence-corrected chi connectivity index (χ3v) is 2.42. The number of aromatic nitrogens is 2. The summed E-state index contributed by atoms with van der Waals surface area (Å²) in [5, 5.41) is 0. The van der Waals surface area contributed by atoms with Crippen LogP contribution in [0.15, 0.2) is 12.3 Å². The molecule has 0 unspecified atom stereocenters. The highest BCUT2D eigenvalue weighted by Crippen LogP contribution is 2.31. The molecule has 0 spiro atoms. The number of nitrogen functional groups attached to an aromatic ring is 1. The van der Waals surface area contributed by atoms with E-state index in [1.807, 2.05) is 0 Å². The molecule has 1 aliphatic carbocycles.